The summed E-state index contributed by atoms with van der Waals surface area (Å²) in [6.07, 6.45) is 0.759. The summed E-state index contributed by atoms with van der Waals surface area (Å²) in [4.78, 5) is 5.68. The number of aromatic nitrogens is 5. The van der Waals surface area contributed by atoms with Crippen molar-refractivity contribution in [2.75, 3.05) is 0 Å². The molecule has 3 heterocycles. The number of para-hydroxylation sites is 1. The maximum atomic E-state index is 4.43. The van der Waals surface area contributed by atoms with Crippen LogP contribution in [0.3, 0.4) is 0 Å². The summed E-state index contributed by atoms with van der Waals surface area (Å²) in [5.41, 5.74) is 1.05. The van der Waals surface area contributed by atoms with Crippen molar-refractivity contribution < 1.29 is 0 Å². The summed E-state index contributed by atoms with van der Waals surface area (Å²) in [7, 11) is 0. The topological polar surface area (TPSA) is 56.5 Å². The van der Waals surface area contributed by atoms with Crippen LogP contribution < -0.4 is 0 Å². The molecule has 0 spiro atoms. The largest absolute Gasteiger partial charge is 0.273 e. The van der Waals surface area contributed by atoms with Crippen LogP contribution in [0.15, 0.2) is 57.3 Å². The smallest absolute Gasteiger partial charge is 0.202 e. The molecule has 0 aliphatic heterocycles. The Labute approximate surface area is 151 Å². The third-order valence-corrected chi connectivity index (χ3v) is 5.98. The molecule has 0 fully saturated rings. The molecular weight excluding hydrogens is 358 g/mol. The predicted molar refractivity (Wildman–Crippen MR) is 97.3 cm³/mol. The second-order valence-corrected chi connectivity index (χ2v) is 8.03. The summed E-state index contributed by atoms with van der Waals surface area (Å²) < 4.78 is 7.21. The van der Waals surface area contributed by atoms with Gasteiger partial charge in [-0.2, -0.15) is 4.37 Å². The number of rotatable bonds is 5. The van der Waals surface area contributed by atoms with E-state index in [1.807, 2.05) is 25.1 Å². The second kappa shape index (κ2) is 6.84. The molecule has 24 heavy (non-hydrogen) atoms. The van der Waals surface area contributed by atoms with Crippen molar-refractivity contribution in [2.45, 2.75) is 22.8 Å². The van der Waals surface area contributed by atoms with E-state index in [9.17, 15) is 0 Å². The summed E-state index contributed by atoms with van der Waals surface area (Å²) in [6.45, 7) is 1.89. The number of thiophene rings is 1. The summed E-state index contributed by atoms with van der Waals surface area (Å²) in [6, 6.07) is 14.4. The van der Waals surface area contributed by atoms with Crippen molar-refractivity contribution >= 4 is 34.6 Å². The van der Waals surface area contributed by atoms with Crippen LogP contribution in [0, 0.1) is 6.92 Å². The average Bonchev–Trinajstić information content (AvgIpc) is 3.32. The Morgan fingerprint density at radius 1 is 1.08 bits per heavy atom. The normalized spacial score (nSPS) is 11.0. The lowest BCUT2D eigenvalue weighted by molar-refractivity contribution is 0.850. The van der Waals surface area contributed by atoms with Crippen LogP contribution in [0.25, 0.3) is 5.69 Å². The van der Waals surface area contributed by atoms with Gasteiger partial charge in [-0.05, 0) is 53.8 Å². The zero-order chi connectivity index (χ0) is 16.4. The van der Waals surface area contributed by atoms with Gasteiger partial charge in [0.15, 0.2) is 4.34 Å². The molecule has 8 heteroatoms. The van der Waals surface area contributed by atoms with E-state index in [0.29, 0.717) is 0 Å². The minimum atomic E-state index is 0.759. The lowest BCUT2D eigenvalue weighted by atomic mass is 10.3. The fraction of sp³-hybridized carbons (Fsp3) is 0.125. The van der Waals surface area contributed by atoms with Gasteiger partial charge >= 0.3 is 0 Å². The lowest BCUT2D eigenvalue weighted by Gasteiger charge is -2.08. The summed E-state index contributed by atoms with van der Waals surface area (Å²) in [5, 5.41) is 11.7. The molecule has 0 amide bonds. The Kier molecular flexibility index (Phi) is 4.42. The first-order valence-corrected chi connectivity index (χ1v) is 9.77. The van der Waals surface area contributed by atoms with Gasteiger partial charge in [-0.15, -0.1) is 21.5 Å². The zero-order valence-corrected chi connectivity index (χ0v) is 15.2. The molecule has 1 aromatic carbocycles. The van der Waals surface area contributed by atoms with Gasteiger partial charge in [-0.3, -0.25) is 4.57 Å². The molecule has 0 N–H and O–H groups in total. The van der Waals surface area contributed by atoms with Crippen LogP contribution in [0.2, 0.25) is 0 Å². The van der Waals surface area contributed by atoms with Crippen LogP contribution in [0.1, 0.15) is 16.5 Å². The minimum Gasteiger partial charge on any atom is -0.273 e. The number of benzene rings is 1. The summed E-state index contributed by atoms with van der Waals surface area (Å²) >= 11 is 4.62. The van der Waals surface area contributed by atoms with Gasteiger partial charge in [0, 0.05) is 17.0 Å². The molecule has 4 aromatic rings. The van der Waals surface area contributed by atoms with Gasteiger partial charge in [0.2, 0.25) is 5.16 Å². The van der Waals surface area contributed by atoms with E-state index in [0.717, 1.165) is 33.3 Å². The Morgan fingerprint density at radius 2 is 1.96 bits per heavy atom. The first kappa shape index (κ1) is 15.5. The van der Waals surface area contributed by atoms with Gasteiger partial charge < -0.3 is 0 Å². The monoisotopic (exact) mass is 371 g/mol. The molecule has 120 valence electrons. The predicted octanol–water partition coefficient (Wildman–Crippen LogP) is 4.23. The van der Waals surface area contributed by atoms with Gasteiger partial charge in [-0.25, -0.2) is 4.98 Å². The van der Waals surface area contributed by atoms with Gasteiger partial charge in [0.1, 0.15) is 11.6 Å². The number of nitrogens with zero attached hydrogens (tertiary/aromatic N) is 5. The first-order chi connectivity index (χ1) is 11.8. The van der Waals surface area contributed by atoms with Crippen LogP contribution in [-0.2, 0) is 6.42 Å². The Morgan fingerprint density at radius 3 is 2.67 bits per heavy atom. The van der Waals surface area contributed by atoms with Crippen LogP contribution in [0.5, 0.6) is 0 Å². The molecule has 0 saturated heterocycles. The quantitative estimate of drug-likeness (QED) is 0.525. The molecule has 3 aromatic heterocycles. The Bertz CT molecular complexity index is 928. The van der Waals surface area contributed by atoms with E-state index < -0.39 is 0 Å². The van der Waals surface area contributed by atoms with Crippen molar-refractivity contribution in [1.82, 2.24) is 24.1 Å². The highest BCUT2D eigenvalue weighted by molar-refractivity contribution is 8.00. The van der Waals surface area contributed by atoms with Crippen LogP contribution in [0.4, 0.5) is 0 Å². The maximum absolute atomic E-state index is 4.43. The summed E-state index contributed by atoms with van der Waals surface area (Å²) in [5.74, 6) is 1.71. The zero-order valence-electron chi connectivity index (χ0n) is 12.8. The molecule has 0 atom stereocenters. The SMILES string of the molecule is Cc1nsc(Sc2nnc(Cc3cccs3)n2-c2ccccc2)n1. The third-order valence-electron chi connectivity index (χ3n) is 3.31. The molecular formula is C16H13N5S3. The molecule has 5 nitrogen and oxygen atoms in total. The van der Waals surface area contributed by atoms with E-state index in [4.69, 9.17) is 0 Å². The van der Waals surface area contributed by atoms with E-state index in [-0.39, 0.29) is 0 Å². The number of hydrogen-bond acceptors (Lipinski definition) is 7. The Balaban J connectivity index is 1.74. The van der Waals surface area contributed by atoms with Crippen molar-refractivity contribution in [2.24, 2.45) is 0 Å². The molecule has 0 saturated carbocycles. The number of aryl methyl sites for hydroxylation is 1. The standard InChI is InChI=1S/C16H13N5S3/c1-11-17-16(24-20-11)23-15-19-18-14(10-13-8-5-9-22-13)21(15)12-6-3-2-4-7-12/h2-9H,10H2,1H3. The van der Waals surface area contributed by atoms with Gasteiger partial charge in [-0.1, -0.05) is 24.3 Å². The van der Waals surface area contributed by atoms with Crippen molar-refractivity contribution in [1.29, 1.82) is 0 Å². The highest BCUT2D eigenvalue weighted by atomic mass is 32.2. The first-order valence-electron chi connectivity index (χ1n) is 7.30. The van der Waals surface area contributed by atoms with Crippen molar-refractivity contribution in [3.63, 3.8) is 0 Å². The Hall–Kier alpha value is -2.03. The fourth-order valence-corrected chi connectivity index (χ4v) is 4.61. The highest BCUT2D eigenvalue weighted by Gasteiger charge is 2.17. The molecule has 0 bridgehead atoms. The van der Waals surface area contributed by atoms with E-state index in [2.05, 4.69) is 53.8 Å². The highest BCUT2D eigenvalue weighted by Crippen LogP contribution is 2.30. The van der Waals surface area contributed by atoms with E-state index in [1.54, 1.807) is 11.3 Å². The second-order valence-electron chi connectivity index (χ2n) is 5.04. The van der Waals surface area contributed by atoms with Crippen LogP contribution in [-0.4, -0.2) is 24.1 Å². The van der Waals surface area contributed by atoms with Crippen LogP contribution >= 0.6 is 34.6 Å². The molecule has 0 unspecified atom stereocenters. The van der Waals surface area contributed by atoms with E-state index in [1.165, 1.54) is 28.2 Å². The molecule has 0 radical (unpaired) electrons. The average molecular weight is 372 g/mol. The van der Waals surface area contributed by atoms with Crippen molar-refractivity contribution in [3.05, 3.63) is 64.4 Å². The maximum Gasteiger partial charge on any atom is 0.202 e. The minimum absolute atomic E-state index is 0.759. The van der Waals surface area contributed by atoms with E-state index >= 15 is 0 Å². The van der Waals surface area contributed by atoms with Crippen molar-refractivity contribution in [3.8, 4) is 5.69 Å². The fourth-order valence-electron chi connectivity index (χ4n) is 2.28. The van der Waals surface area contributed by atoms with Gasteiger partial charge in [0.05, 0.1) is 0 Å². The lowest BCUT2D eigenvalue weighted by Crippen LogP contribution is -2.02. The number of hydrogen-bond donors (Lipinski definition) is 0. The molecule has 0 aliphatic rings. The third kappa shape index (κ3) is 3.26. The van der Waals surface area contributed by atoms with Gasteiger partial charge in [0.25, 0.3) is 0 Å². The molecule has 0 aliphatic carbocycles. The molecule has 4 rings (SSSR count).